The van der Waals surface area contributed by atoms with Crippen LogP contribution in [0, 0.1) is 5.82 Å². The summed E-state index contributed by atoms with van der Waals surface area (Å²) in [6.45, 7) is 1.53. The van der Waals surface area contributed by atoms with Crippen LogP contribution in [0.5, 0.6) is 0 Å². The summed E-state index contributed by atoms with van der Waals surface area (Å²) in [6.07, 6.45) is 5.77. The molecule has 2 amide bonds. The Labute approximate surface area is 191 Å². The first-order valence-corrected chi connectivity index (χ1v) is 10.7. The van der Waals surface area contributed by atoms with Crippen molar-refractivity contribution in [3.05, 3.63) is 77.1 Å². The smallest absolute Gasteiger partial charge is 0.303 e. The molecule has 1 aliphatic rings. The lowest BCUT2D eigenvalue weighted by Gasteiger charge is -2.32. The van der Waals surface area contributed by atoms with E-state index in [0.717, 1.165) is 11.4 Å². The van der Waals surface area contributed by atoms with E-state index in [1.165, 1.54) is 16.0 Å². The van der Waals surface area contributed by atoms with Crippen LogP contribution in [0.15, 0.2) is 60.0 Å². The van der Waals surface area contributed by atoms with Crippen LogP contribution in [-0.2, 0) is 6.54 Å². The number of carbonyl (C=O) groups excluding carboxylic acids is 1. The van der Waals surface area contributed by atoms with Gasteiger partial charge in [0.2, 0.25) is 0 Å². The van der Waals surface area contributed by atoms with Crippen LogP contribution < -0.4 is 4.90 Å². The number of aromatic nitrogens is 2. The maximum absolute atomic E-state index is 15.1. The zero-order valence-electron chi connectivity index (χ0n) is 17.9. The number of nitrogens with zero attached hydrogens (tertiary/aromatic N) is 6. The summed E-state index contributed by atoms with van der Waals surface area (Å²) in [6, 6.07) is 11.6. The van der Waals surface area contributed by atoms with E-state index in [4.69, 9.17) is 11.6 Å². The Balaban J connectivity index is 1.53. The lowest BCUT2D eigenvalue weighted by atomic mass is 10.2. The second-order valence-electron chi connectivity index (χ2n) is 7.79. The third kappa shape index (κ3) is 4.81. The minimum Gasteiger partial charge on any atom is -0.303 e. The summed E-state index contributed by atoms with van der Waals surface area (Å²) < 4.78 is 16.9. The average Bonchev–Trinajstić information content (AvgIpc) is 3.22. The molecule has 0 bridgehead atoms. The van der Waals surface area contributed by atoms with Gasteiger partial charge in [0.05, 0.1) is 18.4 Å². The van der Waals surface area contributed by atoms with Crippen molar-refractivity contribution < 1.29 is 9.18 Å². The van der Waals surface area contributed by atoms with Crippen LogP contribution in [0.2, 0.25) is 5.02 Å². The highest BCUT2D eigenvalue weighted by Gasteiger charge is 2.28. The van der Waals surface area contributed by atoms with Crippen molar-refractivity contribution in [1.29, 1.82) is 0 Å². The Kier molecular flexibility index (Phi) is 6.53. The Bertz CT molecular complexity index is 1130. The fourth-order valence-electron chi connectivity index (χ4n) is 3.56. The van der Waals surface area contributed by atoms with Crippen LogP contribution in [0.4, 0.5) is 14.9 Å². The van der Waals surface area contributed by atoms with Gasteiger partial charge in [0, 0.05) is 42.3 Å². The largest absolute Gasteiger partial charge is 0.344 e. The predicted octanol–water partition coefficient (Wildman–Crippen LogP) is 4.39. The van der Waals surface area contributed by atoms with E-state index in [0.29, 0.717) is 36.8 Å². The zero-order valence-corrected chi connectivity index (χ0v) is 18.7. The molecule has 4 rings (SSSR count). The van der Waals surface area contributed by atoms with E-state index in [-0.39, 0.29) is 11.7 Å². The van der Waals surface area contributed by atoms with E-state index in [1.54, 1.807) is 42.9 Å². The number of urea groups is 1. The van der Waals surface area contributed by atoms with Crippen molar-refractivity contribution in [2.45, 2.75) is 13.0 Å². The predicted molar refractivity (Wildman–Crippen MR) is 124 cm³/mol. The molecule has 7 nitrogen and oxygen atoms in total. The normalized spacial score (nSPS) is 14.7. The number of hydrazone groups is 1. The van der Waals surface area contributed by atoms with E-state index in [1.807, 2.05) is 35.7 Å². The molecule has 3 aromatic rings. The first-order valence-electron chi connectivity index (χ1n) is 10.3. The summed E-state index contributed by atoms with van der Waals surface area (Å²) in [7, 11) is 3.90. The molecule has 32 heavy (non-hydrogen) atoms. The summed E-state index contributed by atoms with van der Waals surface area (Å²) in [5.74, 6) is 0.336. The highest BCUT2D eigenvalue weighted by molar-refractivity contribution is 6.30. The summed E-state index contributed by atoms with van der Waals surface area (Å²) in [5.41, 5.74) is 1.71. The summed E-state index contributed by atoms with van der Waals surface area (Å²) in [4.78, 5) is 20.7. The number of carbonyl (C=O) groups is 1. The molecule has 1 fully saturated rings. The molecule has 1 aromatic heterocycles. The highest BCUT2D eigenvalue weighted by Crippen LogP contribution is 2.26. The molecule has 0 saturated carbocycles. The van der Waals surface area contributed by atoms with E-state index >= 15 is 4.39 Å². The van der Waals surface area contributed by atoms with E-state index in [2.05, 4.69) is 10.1 Å². The van der Waals surface area contributed by atoms with Crippen molar-refractivity contribution >= 4 is 29.5 Å². The maximum Gasteiger partial charge on any atom is 0.344 e. The maximum atomic E-state index is 15.1. The Morgan fingerprint density at radius 1 is 1.19 bits per heavy atom. The molecule has 166 valence electrons. The lowest BCUT2D eigenvalue weighted by molar-refractivity contribution is 0.198. The van der Waals surface area contributed by atoms with Gasteiger partial charge in [-0.3, -0.25) is 4.90 Å². The Morgan fingerprint density at radius 2 is 1.97 bits per heavy atom. The number of anilines is 1. The fraction of sp³-hybridized carbons (Fsp3) is 0.261. The topological polar surface area (TPSA) is 57.0 Å². The van der Waals surface area contributed by atoms with Gasteiger partial charge in [0.25, 0.3) is 0 Å². The molecular formula is C23H24ClFN6O. The average molecular weight is 455 g/mol. The molecule has 2 aromatic carbocycles. The first-order chi connectivity index (χ1) is 15.4. The number of halogens is 2. The van der Waals surface area contributed by atoms with Crippen LogP contribution in [0.3, 0.4) is 0 Å². The Hall–Kier alpha value is -3.23. The highest BCUT2D eigenvalue weighted by atomic mass is 35.5. The van der Waals surface area contributed by atoms with Crippen LogP contribution in [0.25, 0.3) is 5.69 Å². The van der Waals surface area contributed by atoms with E-state index in [9.17, 15) is 4.79 Å². The van der Waals surface area contributed by atoms with Crippen molar-refractivity contribution in [2.24, 2.45) is 5.10 Å². The Morgan fingerprint density at radius 3 is 2.69 bits per heavy atom. The molecule has 0 unspecified atom stereocenters. The summed E-state index contributed by atoms with van der Waals surface area (Å²) >= 11 is 5.90. The molecular weight excluding hydrogens is 431 g/mol. The summed E-state index contributed by atoms with van der Waals surface area (Å²) in [5, 5.41) is 6.29. The van der Waals surface area contributed by atoms with Crippen molar-refractivity contribution in [2.75, 3.05) is 32.1 Å². The van der Waals surface area contributed by atoms with Gasteiger partial charge >= 0.3 is 6.03 Å². The molecule has 0 spiro atoms. The molecule has 0 aliphatic carbocycles. The molecule has 0 radical (unpaired) electrons. The van der Waals surface area contributed by atoms with Crippen LogP contribution >= 0.6 is 11.6 Å². The monoisotopic (exact) mass is 454 g/mol. The molecule has 0 atom stereocenters. The lowest BCUT2D eigenvalue weighted by Crippen LogP contribution is -2.47. The fourth-order valence-corrected chi connectivity index (χ4v) is 3.68. The SMILES string of the molecule is CN(C)Cc1nccn1-c1ccc(N2CCCN(N=Cc3ccc(Cl)cc3)C2=O)c(F)c1. The standard InChI is InChI=1S/C23H24ClFN6O/c1-28(2)16-22-26-10-13-29(22)19-8-9-21(20(25)14-19)30-11-3-12-31(23(30)32)27-15-17-4-6-18(24)7-5-17/h4-10,13-15H,3,11-12,16H2,1-2H3. The van der Waals surface area contributed by atoms with Gasteiger partial charge in [0.15, 0.2) is 0 Å². The molecule has 1 aliphatic heterocycles. The number of imidazole rings is 1. The number of amides is 2. The second kappa shape index (κ2) is 9.50. The van der Waals surface area contributed by atoms with Gasteiger partial charge in [0.1, 0.15) is 11.6 Å². The van der Waals surface area contributed by atoms with Crippen LogP contribution in [-0.4, -0.2) is 58.9 Å². The third-order valence-corrected chi connectivity index (χ3v) is 5.35. The molecule has 9 heteroatoms. The number of hydrogen-bond donors (Lipinski definition) is 0. The van der Waals surface area contributed by atoms with Crippen LogP contribution in [0.1, 0.15) is 17.8 Å². The quantitative estimate of drug-likeness (QED) is 0.519. The number of hydrogen-bond acceptors (Lipinski definition) is 4. The van der Waals surface area contributed by atoms with Crippen molar-refractivity contribution in [3.63, 3.8) is 0 Å². The van der Waals surface area contributed by atoms with E-state index < -0.39 is 5.82 Å². The van der Waals surface area contributed by atoms with Gasteiger partial charge in [-0.05, 0) is 50.3 Å². The molecule has 1 saturated heterocycles. The van der Waals surface area contributed by atoms with Gasteiger partial charge in [-0.15, -0.1) is 0 Å². The second-order valence-corrected chi connectivity index (χ2v) is 8.23. The van der Waals surface area contributed by atoms with Gasteiger partial charge in [-0.1, -0.05) is 23.7 Å². The first kappa shape index (κ1) is 22.0. The molecule has 0 N–H and O–H groups in total. The minimum absolute atomic E-state index is 0.236. The zero-order chi connectivity index (χ0) is 22.7. The minimum atomic E-state index is -0.469. The number of rotatable bonds is 6. The van der Waals surface area contributed by atoms with Gasteiger partial charge in [-0.25, -0.2) is 19.2 Å². The third-order valence-electron chi connectivity index (χ3n) is 5.09. The van der Waals surface area contributed by atoms with Crippen molar-refractivity contribution in [1.82, 2.24) is 19.5 Å². The number of benzene rings is 2. The van der Waals surface area contributed by atoms with Gasteiger partial charge in [-0.2, -0.15) is 5.10 Å². The van der Waals surface area contributed by atoms with Gasteiger partial charge < -0.3 is 9.47 Å². The molecule has 2 heterocycles. The van der Waals surface area contributed by atoms with Crippen molar-refractivity contribution in [3.8, 4) is 5.69 Å².